The van der Waals surface area contributed by atoms with E-state index in [9.17, 15) is 4.79 Å². The summed E-state index contributed by atoms with van der Waals surface area (Å²) in [5, 5.41) is 9.25. The van der Waals surface area contributed by atoms with Crippen molar-refractivity contribution in [2.45, 2.75) is 30.7 Å². The Balaban J connectivity index is 1.46. The van der Waals surface area contributed by atoms with Crippen LogP contribution in [0.2, 0.25) is 0 Å². The van der Waals surface area contributed by atoms with Crippen molar-refractivity contribution in [3.05, 3.63) is 54.6 Å². The second-order valence-corrected chi connectivity index (χ2v) is 8.23. The lowest BCUT2D eigenvalue weighted by molar-refractivity contribution is -0.119. The molecule has 2 unspecified atom stereocenters. The van der Waals surface area contributed by atoms with Gasteiger partial charge in [-0.25, -0.2) is 15.4 Å². The van der Waals surface area contributed by atoms with Gasteiger partial charge < -0.3 is 5.32 Å². The van der Waals surface area contributed by atoms with E-state index < -0.39 is 0 Å². The maximum absolute atomic E-state index is 12.4. The van der Waals surface area contributed by atoms with Crippen LogP contribution in [-0.4, -0.2) is 43.4 Å². The number of rotatable bonds is 5. The zero-order valence-corrected chi connectivity index (χ0v) is 17.2. The SMILES string of the molecule is CC1CC(NC(=O)CSc2nc3ccccc3c3nc(-c4ccccc4)nn23)NN1. The van der Waals surface area contributed by atoms with Gasteiger partial charge in [0.2, 0.25) is 5.91 Å². The van der Waals surface area contributed by atoms with Crippen molar-refractivity contribution in [3.8, 4) is 11.4 Å². The Morgan fingerprint density at radius 2 is 1.93 bits per heavy atom. The van der Waals surface area contributed by atoms with Crippen LogP contribution in [0.3, 0.4) is 0 Å². The van der Waals surface area contributed by atoms with E-state index >= 15 is 0 Å². The summed E-state index contributed by atoms with van der Waals surface area (Å²) >= 11 is 1.35. The average molecular weight is 420 g/mol. The molecule has 2 atom stereocenters. The number of fused-ring (bicyclic) bond motifs is 3. The first-order valence-corrected chi connectivity index (χ1v) is 10.8. The molecule has 2 aromatic carbocycles. The third-order valence-corrected chi connectivity index (χ3v) is 5.87. The number of thioether (sulfide) groups is 1. The van der Waals surface area contributed by atoms with Gasteiger partial charge in [0.15, 0.2) is 16.6 Å². The molecule has 0 radical (unpaired) electrons. The van der Waals surface area contributed by atoms with Gasteiger partial charge in [0.05, 0.1) is 17.4 Å². The number of hydrogen-bond acceptors (Lipinski definition) is 7. The van der Waals surface area contributed by atoms with E-state index in [1.165, 1.54) is 11.8 Å². The van der Waals surface area contributed by atoms with Crippen molar-refractivity contribution < 1.29 is 4.79 Å². The molecule has 3 heterocycles. The molecule has 1 aliphatic rings. The maximum Gasteiger partial charge on any atom is 0.231 e. The molecule has 2 aromatic heterocycles. The van der Waals surface area contributed by atoms with Crippen molar-refractivity contribution in [3.63, 3.8) is 0 Å². The molecule has 1 saturated heterocycles. The Bertz CT molecular complexity index is 1210. The number of carbonyl (C=O) groups is 1. The third-order valence-electron chi connectivity index (χ3n) is 4.94. The van der Waals surface area contributed by atoms with Crippen LogP contribution in [0.15, 0.2) is 59.8 Å². The highest BCUT2D eigenvalue weighted by atomic mass is 32.2. The molecule has 5 rings (SSSR count). The van der Waals surface area contributed by atoms with E-state index in [4.69, 9.17) is 15.1 Å². The lowest BCUT2D eigenvalue weighted by Crippen LogP contribution is -2.45. The minimum atomic E-state index is -0.0614. The first-order valence-electron chi connectivity index (χ1n) is 9.81. The molecule has 152 valence electrons. The lowest BCUT2D eigenvalue weighted by atomic mass is 10.2. The molecule has 1 amide bonds. The van der Waals surface area contributed by atoms with Gasteiger partial charge in [0.25, 0.3) is 0 Å². The number of para-hydroxylation sites is 1. The summed E-state index contributed by atoms with van der Waals surface area (Å²) in [7, 11) is 0. The summed E-state index contributed by atoms with van der Waals surface area (Å²) < 4.78 is 1.74. The monoisotopic (exact) mass is 419 g/mol. The number of carbonyl (C=O) groups excluding carboxylic acids is 1. The van der Waals surface area contributed by atoms with Gasteiger partial charge in [-0.2, -0.15) is 4.52 Å². The van der Waals surface area contributed by atoms with Gasteiger partial charge in [-0.3, -0.25) is 10.2 Å². The van der Waals surface area contributed by atoms with Crippen LogP contribution >= 0.6 is 11.8 Å². The second kappa shape index (κ2) is 8.02. The molecule has 0 bridgehead atoms. The third kappa shape index (κ3) is 3.74. The second-order valence-electron chi connectivity index (χ2n) is 7.28. The number of amides is 1. The Hall–Kier alpha value is -3.01. The molecule has 30 heavy (non-hydrogen) atoms. The predicted molar refractivity (Wildman–Crippen MR) is 117 cm³/mol. The highest BCUT2D eigenvalue weighted by molar-refractivity contribution is 7.99. The Labute approximate surface area is 177 Å². The van der Waals surface area contributed by atoms with Crippen LogP contribution < -0.4 is 16.2 Å². The van der Waals surface area contributed by atoms with E-state index in [2.05, 4.69) is 23.1 Å². The van der Waals surface area contributed by atoms with Crippen molar-refractivity contribution >= 4 is 34.2 Å². The number of hydrazine groups is 1. The van der Waals surface area contributed by atoms with E-state index in [-0.39, 0.29) is 17.8 Å². The van der Waals surface area contributed by atoms with Crippen molar-refractivity contribution in [1.82, 2.24) is 35.8 Å². The number of aromatic nitrogens is 4. The quantitative estimate of drug-likeness (QED) is 0.338. The lowest BCUT2D eigenvalue weighted by Gasteiger charge is -2.12. The van der Waals surface area contributed by atoms with E-state index in [1.54, 1.807) is 4.52 Å². The molecule has 3 N–H and O–H groups in total. The first-order chi connectivity index (χ1) is 14.7. The minimum absolute atomic E-state index is 0.0556. The number of benzene rings is 2. The van der Waals surface area contributed by atoms with Crippen LogP contribution in [0.25, 0.3) is 27.9 Å². The zero-order chi connectivity index (χ0) is 20.5. The normalized spacial score (nSPS) is 18.8. The van der Waals surface area contributed by atoms with Crippen molar-refractivity contribution in [2.75, 3.05) is 5.75 Å². The van der Waals surface area contributed by atoms with E-state index in [1.807, 2.05) is 54.6 Å². The van der Waals surface area contributed by atoms with Gasteiger partial charge in [0.1, 0.15) is 0 Å². The fourth-order valence-electron chi connectivity index (χ4n) is 3.51. The standard InChI is InChI=1S/C21H21N7OS/c1-13-11-17(26-25-13)23-18(29)12-30-21-22-16-10-6-5-9-15(16)20-24-19(27-28(20)21)14-7-3-2-4-8-14/h2-10,13,17,25-26H,11-12H2,1H3,(H,23,29). The highest BCUT2D eigenvalue weighted by Gasteiger charge is 2.22. The fraction of sp³-hybridized carbons (Fsp3) is 0.238. The largest absolute Gasteiger partial charge is 0.339 e. The first kappa shape index (κ1) is 19.0. The molecule has 1 fully saturated rings. The van der Waals surface area contributed by atoms with Crippen molar-refractivity contribution in [2.24, 2.45) is 0 Å². The molecular formula is C21H21N7OS. The smallest absolute Gasteiger partial charge is 0.231 e. The number of nitrogens with zero attached hydrogens (tertiary/aromatic N) is 4. The predicted octanol–water partition coefficient (Wildman–Crippen LogP) is 2.37. The van der Waals surface area contributed by atoms with E-state index in [0.717, 1.165) is 28.5 Å². The summed E-state index contributed by atoms with van der Waals surface area (Å²) in [6, 6.07) is 18.0. The summed E-state index contributed by atoms with van der Waals surface area (Å²) in [6.07, 6.45) is 0.784. The molecule has 1 aliphatic heterocycles. The Morgan fingerprint density at radius 3 is 2.73 bits per heavy atom. The van der Waals surface area contributed by atoms with Gasteiger partial charge in [-0.15, -0.1) is 5.10 Å². The minimum Gasteiger partial charge on any atom is -0.339 e. The number of hydrogen-bond donors (Lipinski definition) is 3. The van der Waals surface area contributed by atoms with Crippen LogP contribution in [0.4, 0.5) is 0 Å². The summed E-state index contributed by atoms with van der Waals surface area (Å²) in [6.45, 7) is 2.07. The topological polar surface area (TPSA) is 96.2 Å². The van der Waals surface area contributed by atoms with Gasteiger partial charge >= 0.3 is 0 Å². The average Bonchev–Trinajstić information content (AvgIpc) is 3.39. The van der Waals surface area contributed by atoms with Crippen molar-refractivity contribution in [1.29, 1.82) is 0 Å². The Kier molecular flexibility index (Phi) is 5.07. The van der Waals surface area contributed by atoms with Gasteiger partial charge in [-0.1, -0.05) is 54.2 Å². The summed E-state index contributed by atoms with van der Waals surface area (Å²) in [5.41, 5.74) is 8.68. The van der Waals surface area contributed by atoms with Crippen LogP contribution in [0, 0.1) is 0 Å². The van der Waals surface area contributed by atoms with Crippen LogP contribution in [0.1, 0.15) is 13.3 Å². The Morgan fingerprint density at radius 1 is 1.13 bits per heavy atom. The molecule has 0 spiro atoms. The highest BCUT2D eigenvalue weighted by Crippen LogP contribution is 2.26. The van der Waals surface area contributed by atoms with E-state index in [0.29, 0.717) is 17.0 Å². The van der Waals surface area contributed by atoms with Crippen LogP contribution in [-0.2, 0) is 4.79 Å². The summed E-state index contributed by atoms with van der Waals surface area (Å²) in [4.78, 5) is 21.9. The van der Waals surface area contributed by atoms with Gasteiger partial charge in [0, 0.05) is 17.0 Å². The van der Waals surface area contributed by atoms with Gasteiger partial charge in [-0.05, 0) is 25.5 Å². The molecule has 0 aliphatic carbocycles. The molecule has 4 aromatic rings. The van der Waals surface area contributed by atoms with Crippen LogP contribution in [0.5, 0.6) is 0 Å². The molecule has 9 heteroatoms. The molecule has 8 nitrogen and oxygen atoms in total. The number of nitrogens with one attached hydrogen (secondary N) is 3. The maximum atomic E-state index is 12.4. The fourth-order valence-corrected chi connectivity index (χ4v) is 4.26. The molecule has 0 saturated carbocycles. The molecular weight excluding hydrogens is 398 g/mol. The summed E-state index contributed by atoms with van der Waals surface area (Å²) in [5.74, 6) is 0.822. The zero-order valence-electron chi connectivity index (χ0n) is 16.4.